The second-order valence-corrected chi connectivity index (χ2v) is 5.54. The molecule has 1 fully saturated rings. The van der Waals surface area contributed by atoms with Crippen molar-refractivity contribution in [2.45, 2.75) is 38.3 Å². The van der Waals surface area contributed by atoms with E-state index in [4.69, 9.17) is 14.2 Å². The Morgan fingerprint density at radius 1 is 1.08 bits per heavy atom. The first-order valence-electron chi connectivity index (χ1n) is 7.98. The first-order valence-corrected chi connectivity index (χ1v) is 7.98. The number of rotatable bonds is 6. The van der Waals surface area contributed by atoms with E-state index in [1.807, 2.05) is 12.1 Å². The number of halogens is 1. The predicted octanol–water partition coefficient (Wildman–Crippen LogP) is 2.94. The lowest BCUT2D eigenvalue weighted by Gasteiger charge is -2.19. The topological polar surface area (TPSA) is 64.1 Å². The van der Waals surface area contributed by atoms with Gasteiger partial charge in [-0.05, 0) is 25.0 Å². The van der Waals surface area contributed by atoms with Gasteiger partial charge in [-0.3, -0.25) is 4.99 Å². The Balaban J connectivity index is 0.00000288. The summed E-state index contributed by atoms with van der Waals surface area (Å²) in [7, 11) is 6.64. The Hall–Kier alpha value is -1.38. The van der Waals surface area contributed by atoms with Gasteiger partial charge in [0.15, 0.2) is 17.5 Å². The van der Waals surface area contributed by atoms with E-state index in [0.717, 1.165) is 11.5 Å². The largest absolute Gasteiger partial charge is 0.493 e. The summed E-state index contributed by atoms with van der Waals surface area (Å²) < 4.78 is 16.2. The highest BCUT2D eigenvalue weighted by Crippen LogP contribution is 2.39. The van der Waals surface area contributed by atoms with Crippen molar-refractivity contribution >= 4 is 29.9 Å². The van der Waals surface area contributed by atoms with Crippen LogP contribution in [-0.2, 0) is 6.54 Å². The van der Waals surface area contributed by atoms with Crippen LogP contribution in [0.15, 0.2) is 17.1 Å². The highest BCUT2D eigenvalue weighted by molar-refractivity contribution is 14.0. The molecule has 1 aromatic rings. The lowest BCUT2D eigenvalue weighted by Crippen LogP contribution is -2.41. The lowest BCUT2D eigenvalue weighted by molar-refractivity contribution is 0.322. The van der Waals surface area contributed by atoms with Gasteiger partial charge in [0.1, 0.15) is 0 Å². The molecule has 7 heteroatoms. The van der Waals surface area contributed by atoms with Crippen molar-refractivity contribution in [3.05, 3.63) is 17.7 Å². The van der Waals surface area contributed by atoms with Crippen LogP contribution in [0.4, 0.5) is 0 Å². The predicted molar refractivity (Wildman–Crippen MR) is 107 cm³/mol. The van der Waals surface area contributed by atoms with E-state index in [-0.39, 0.29) is 24.0 Å². The molecule has 0 atom stereocenters. The summed E-state index contributed by atoms with van der Waals surface area (Å²) in [6.45, 7) is 0.593. The minimum absolute atomic E-state index is 0. The normalized spacial score (nSPS) is 14.8. The maximum absolute atomic E-state index is 5.50. The Labute approximate surface area is 161 Å². The number of benzene rings is 1. The Bertz CT molecular complexity index is 546. The van der Waals surface area contributed by atoms with Gasteiger partial charge in [0, 0.05) is 25.2 Å². The average molecular weight is 449 g/mol. The summed E-state index contributed by atoms with van der Waals surface area (Å²) in [5.74, 6) is 2.75. The molecule has 1 saturated carbocycles. The second-order valence-electron chi connectivity index (χ2n) is 5.54. The molecule has 0 aromatic heterocycles. The van der Waals surface area contributed by atoms with E-state index in [9.17, 15) is 0 Å². The fraction of sp³-hybridized carbons (Fsp3) is 0.588. The Morgan fingerprint density at radius 3 is 2.29 bits per heavy atom. The highest BCUT2D eigenvalue weighted by Gasteiger charge is 2.18. The molecule has 2 N–H and O–H groups in total. The van der Waals surface area contributed by atoms with Crippen molar-refractivity contribution in [1.82, 2.24) is 10.6 Å². The number of hydrogen-bond acceptors (Lipinski definition) is 4. The first kappa shape index (κ1) is 20.7. The first-order chi connectivity index (χ1) is 11.2. The molecule has 1 aliphatic rings. The number of methoxy groups -OCH3 is 3. The summed E-state index contributed by atoms with van der Waals surface area (Å²) in [5, 5.41) is 6.81. The molecule has 0 unspecified atom stereocenters. The fourth-order valence-electron chi connectivity index (χ4n) is 2.94. The van der Waals surface area contributed by atoms with Crippen LogP contribution < -0.4 is 24.8 Å². The van der Waals surface area contributed by atoms with Crippen LogP contribution in [0.2, 0.25) is 0 Å². The van der Waals surface area contributed by atoms with Gasteiger partial charge in [0.2, 0.25) is 5.75 Å². The summed E-state index contributed by atoms with van der Waals surface area (Å²) in [4.78, 5) is 4.30. The molecule has 1 aromatic carbocycles. The maximum atomic E-state index is 5.50. The molecule has 6 nitrogen and oxygen atoms in total. The van der Waals surface area contributed by atoms with Crippen molar-refractivity contribution in [2.75, 3.05) is 28.4 Å². The zero-order valence-electron chi connectivity index (χ0n) is 14.8. The second kappa shape index (κ2) is 10.5. The molecule has 24 heavy (non-hydrogen) atoms. The van der Waals surface area contributed by atoms with E-state index in [2.05, 4.69) is 15.6 Å². The minimum Gasteiger partial charge on any atom is -0.493 e. The van der Waals surface area contributed by atoms with E-state index in [1.54, 1.807) is 28.4 Å². The SMILES string of the molecule is CN=C(NCc1ccc(OC)c(OC)c1OC)NC1CCCC1.I. The smallest absolute Gasteiger partial charge is 0.203 e. The van der Waals surface area contributed by atoms with Crippen LogP contribution in [0.1, 0.15) is 31.2 Å². The number of guanidine groups is 1. The molecule has 0 bridgehead atoms. The van der Waals surface area contributed by atoms with Crippen LogP contribution >= 0.6 is 24.0 Å². The summed E-state index contributed by atoms with van der Waals surface area (Å²) in [5.41, 5.74) is 0.986. The molecular formula is C17H28IN3O3. The minimum atomic E-state index is 0. The molecule has 0 saturated heterocycles. The molecule has 0 spiro atoms. The number of ether oxygens (including phenoxy) is 3. The van der Waals surface area contributed by atoms with Crippen molar-refractivity contribution in [3.8, 4) is 17.2 Å². The maximum Gasteiger partial charge on any atom is 0.203 e. The van der Waals surface area contributed by atoms with Gasteiger partial charge in [-0.2, -0.15) is 0 Å². The van der Waals surface area contributed by atoms with E-state index >= 15 is 0 Å². The van der Waals surface area contributed by atoms with Gasteiger partial charge in [-0.15, -0.1) is 24.0 Å². The Morgan fingerprint density at radius 2 is 1.75 bits per heavy atom. The van der Waals surface area contributed by atoms with E-state index in [1.165, 1.54) is 25.7 Å². The van der Waals surface area contributed by atoms with Crippen molar-refractivity contribution in [3.63, 3.8) is 0 Å². The average Bonchev–Trinajstić information content (AvgIpc) is 3.10. The number of nitrogens with zero attached hydrogens (tertiary/aromatic N) is 1. The molecule has 136 valence electrons. The molecule has 0 aliphatic heterocycles. The van der Waals surface area contributed by atoms with Crippen molar-refractivity contribution in [1.29, 1.82) is 0 Å². The fourth-order valence-corrected chi connectivity index (χ4v) is 2.94. The molecule has 2 rings (SSSR count). The summed E-state index contributed by atoms with van der Waals surface area (Å²) >= 11 is 0. The van der Waals surface area contributed by atoms with Gasteiger partial charge in [0.05, 0.1) is 21.3 Å². The van der Waals surface area contributed by atoms with E-state index < -0.39 is 0 Å². The number of aliphatic imine (C=N–C) groups is 1. The van der Waals surface area contributed by atoms with Crippen LogP contribution in [-0.4, -0.2) is 40.4 Å². The third kappa shape index (κ3) is 5.06. The molecule has 0 radical (unpaired) electrons. The molecule has 0 amide bonds. The van der Waals surface area contributed by atoms with Gasteiger partial charge in [-0.25, -0.2) is 0 Å². The summed E-state index contributed by atoms with van der Waals surface area (Å²) in [6, 6.07) is 4.37. The van der Waals surface area contributed by atoms with Gasteiger partial charge in [0.25, 0.3) is 0 Å². The van der Waals surface area contributed by atoms with Crippen LogP contribution in [0.5, 0.6) is 17.2 Å². The van der Waals surface area contributed by atoms with E-state index in [0.29, 0.717) is 29.8 Å². The quantitative estimate of drug-likeness (QED) is 0.397. The van der Waals surface area contributed by atoms with Gasteiger partial charge < -0.3 is 24.8 Å². The van der Waals surface area contributed by atoms with Gasteiger partial charge >= 0.3 is 0 Å². The van der Waals surface area contributed by atoms with Crippen LogP contribution in [0, 0.1) is 0 Å². The number of hydrogen-bond donors (Lipinski definition) is 2. The zero-order chi connectivity index (χ0) is 16.7. The molecular weight excluding hydrogens is 421 g/mol. The van der Waals surface area contributed by atoms with Gasteiger partial charge in [-0.1, -0.05) is 12.8 Å². The third-order valence-corrected chi connectivity index (χ3v) is 4.15. The van der Waals surface area contributed by atoms with Crippen LogP contribution in [0.3, 0.4) is 0 Å². The molecule has 0 heterocycles. The van der Waals surface area contributed by atoms with Crippen molar-refractivity contribution < 1.29 is 14.2 Å². The number of nitrogens with one attached hydrogen (secondary N) is 2. The highest BCUT2D eigenvalue weighted by atomic mass is 127. The Kier molecular flexibility index (Phi) is 9.02. The molecule has 1 aliphatic carbocycles. The zero-order valence-corrected chi connectivity index (χ0v) is 17.2. The standard InChI is InChI=1S/C17H27N3O3.HI/c1-18-17(20-13-7-5-6-8-13)19-11-12-9-10-14(21-2)16(23-4)15(12)22-3;/h9-10,13H,5-8,11H2,1-4H3,(H2,18,19,20);1H. The van der Waals surface area contributed by atoms with Crippen LogP contribution in [0.25, 0.3) is 0 Å². The van der Waals surface area contributed by atoms with Crippen molar-refractivity contribution in [2.24, 2.45) is 4.99 Å². The third-order valence-electron chi connectivity index (χ3n) is 4.15. The monoisotopic (exact) mass is 449 g/mol. The summed E-state index contributed by atoms with van der Waals surface area (Å²) in [6.07, 6.45) is 5.00. The lowest BCUT2D eigenvalue weighted by atomic mass is 10.1.